The van der Waals surface area contributed by atoms with Crippen molar-refractivity contribution in [1.29, 1.82) is 0 Å². The summed E-state index contributed by atoms with van der Waals surface area (Å²) < 4.78 is 5.54. The van der Waals surface area contributed by atoms with Crippen molar-refractivity contribution in [3.8, 4) is 5.75 Å². The number of fused-ring (bicyclic) bond motifs is 1. The molecule has 16 heavy (non-hydrogen) atoms. The summed E-state index contributed by atoms with van der Waals surface area (Å²) in [5.41, 5.74) is 4.72. The maximum atomic E-state index is 11.6. The van der Waals surface area contributed by atoms with E-state index in [0.29, 0.717) is 17.4 Å². The fourth-order valence-electron chi connectivity index (χ4n) is 1.40. The number of amides is 1. The Morgan fingerprint density at radius 1 is 1.44 bits per heavy atom. The average Bonchev–Trinajstić information content (AvgIpc) is 2.20. The second-order valence-electron chi connectivity index (χ2n) is 3.98. The number of pyridine rings is 1. The van der Waals surface area contributed by atoms with Crippen LogP contribution in [0.3, 0.4) is 0 Å². The first-order valence-electron chi connectivity index (χ1n) is 4.97. The lowest BCUT2D eigenvalue weighted by atomic mass is 10.1. The fourth-order valence-corrected chi connectivity index (χ4v) is 1.40. The third-order valence-electron chi connectivity index (χ3n) is 2.26. The van der Waals surface area contributed by atoms with Gasteiger partial charge in [0.05, 0.1) is 0 Å². The maximum Gasteiger partial charge on any atom is 0.269 e. The normalized spacial score (nSPS) is 17.1. The third-order valence-corrected chi connectivity index (χ3v) is 2.26. The molecule has 1 amide bonds. The van der Waals surface area contributed by atoms with E-state index in [2.05, 4.69) is 21.2 Å². The van der Waals surface area contributed by atoms with E-state index < -0.39 is 5.60 Å². The Labute approximate surface area is 93.4 Å². The van der Waals surface area contributed by atoms with Crippen LogP contribution < -0.4 is 20.9 Å². The molecule has 0 aliphatic carbocycles. The van der Waals surface area contributed by atoms with Crippen molar-refractivity contribution in [3.63, 3.8) is 0 Å². The summed E-state index contributed by atoms with van der Waals surface area (Å²) in [4.78, 5) is 15.8. The molecule has 2 heterocycles. The number of aromatic nitrogens is 1. The van der Waals surface area contributed by atoms with Crippen LogP contribution >= 0.6 is 0 Å². The summed E-state index contributed by atoms with van der Waals surface area (Å²) in [6.07, 6.45) is 0. The number of carbonyl (C=O) groups is 1. The molecule has 1 aromatic rings. The van der Waals surface area contributed by atoms with Gasteiger partial charge >= 0.3 is 0 Å². The first-order valence-corrected chi connectivity index (χ1v) is 4.97. The van der Waals surface area contributed by atoms with Crippen LogP contribution in [-0.4, -0.2) is 23.5 Å². The SMILES string of the molecule is CNNc1ccc2c(n1)NC(=O)C(C)(C)O2. The highest BCUT2D eigenvalue weighted by Gasteiger charge is 2.36. The largest absolute Gasteiger partial charge is 0.474 e. The van der Waals surface area contributed by atoms with Gasteiger partial charge < -0.3 is 15.5 Å². The number of anilines is 2. The van der Waals surface area contributed by atoms with E-state index in [1.165, 1.54) is 0 Å². The smallest absolute Gasteiger partial charge is 0.269 e. The minimum atomic E-state index is -0.855. The van der Waals surface area contributed by atoms with Gasteiger partial charge in [-0.05, 0) is 26.0 Å². The summed E-state index contributed by atoms with van der Waals surface area (Å²) in [6, 6.07) is 3.53. The van der Waals surface area contributed by atoms with Crippen molar-refractivity contribution in [2.24, 2.45) is 0 Å². The summed E-state index contributed by atoms with van der Waals surface area (Å²) in [5.74, 6) is 1.43. The molecule has 0 saturated carbocycles. The minimum Gasteiger partial charge on any atom is -0.474 e. The first kappa shape index (κ1) is 10.7. The summed E-state index contributed by atoms with van der Waals surface area (Å²) in [5, 5.41) is 2.71. The Morgan fingerprint density at radius 3 is 2.88 bits per heavy atom. The van der Waals surface area contributed by atoms with Gasteiger partial charge in [-0.3, -0.25) is 4.79 Å². The maximum absolute atomic E-state index is 11.6. The number of hydrazine groups is 1. The van der Waals surface area contributed by atoms with Crippen LogP contribution in [0.2, 0.25) is 0 Å². The van der Waals surface area contributed by atoms with Crippen LogP contribution in [0.4, 0.5) is 11.6 Å². The van der Waals surface area contributed by atoms with Crippen molar-refractivity contribution < 1.29 is 9.53 Å². The zero-order valence-electron chi connectivity index (χ0n) is 9.42. The number of hydrogen-bond acceptors (Lipinski definition) is 5. The van der Waals surface area contributed by atoms with E-state index in [4.69, 9.17) is 4.74 Å². The van der Waals surface area contributed by atoms with E-state index >= 15 is 0 Å². The van der Waals surface area contributed by atoms with Gasteiger partial charge in [0.1, 0.15) is 5.82 Å². The van der Waals surface area contributed by atoms with Gasteiger partial charge in [0.2, 0.25) is 0 Å². The number of nitrogens with zero attached hydrogens (tertiary/aromatic N) is 1. The molecule has 0 aromatic carbocycles. The number of ether oxygens (including phenoxy) is 1. The first-order chi connectivity index (χ1) is 7.53. The van der Waals surface area contributed by atoms with Gasteiger partial charge in [-0.25, -0.2) is 10.4 Å². The molecular formula is C10H14N4O2. The monoisotopic (exact) mass is 222 g/mol. The molecule has 0 saturated heterocycles. The Kier molecular flexibility index (Phi) is 2.43. The second-order valence-corrected chi connectivity index (χ2v) is 3.98. The molecular weight excluding hydrogens is 208 g/mol. The van der Waals surface area contributed by atoms with Crippen LogP contribution in [0.25, 0.3) is 0 Å². The van der Waals surface area contributed by atoms with Gasteiger partial charge in [0, 0.05) is 7.05 Å². The topological polar surface area (TPSA) is 75.3 Å². The molecule has 6 heteroatoms. The van der Waals surface area contributed by atoms with Crippen molar-refractivity contribution in [2.75, 3.05) is 17.8 Å². The van der Waals surface area contributed by atoms with Crippen LogP contribution in [-0.2, 0) is 4.79 Å². The minimum absolute atomic E-state index is 0.200. The molecule has 3 N–H and O–H groups in total. The lowest BCUT2D eigenvalue weighted by molar-refractivity contribution is -0.129. The number of rotatable bonds is 2. The fraction of sp³-hybridized carbons (Fsp3) is 0.400. The van der Waals surface area contributed by atoms with E-state index in [1.54, 1.807) is 33.0 Å². The number of carbonyl (C=O) groups excluding carboxylic acids is 1. The molecule has 0 radical (unpaired) electrons. The van der Waals surface area contributed by atoms with Gasteiger partial charge in [0.15, 0.2) is 17.2 Å². The Bertz CT molecular complexity index is 431. The van der Waals surface area contributed by atoms with Crippen LogP contribution in [0, 0.1) is 0 Å². The van der Waals surface area contributed by atoms with Crippen molar-refractivity contribution >= 4 is 17.5 Å². The van der Waals surface area contributed by atoms with Gasteiger partial charge in [0.25, 0.3) is 5.91 Å². The zero-order chi connectivity index (χ0) is 11.8. The van der Waals surface area contributed by atoms with E-state index in [1.807, 2.05) is 0 Å². The Hall–Kier alpha value is -1.82. The summed E-state index contributed by atoms with van der Waals surface area (Å²) in [6.45, 7) is 3.43. The lowest BCUT2D eigenvalue weighted by Gasteiger charge is -2.30. The molecule has 0 atom stereocenters. The van der Waals surface area contributed by atoms with Crippen LogP contribution in [0.1, 0.15) is 13.8 Å². The molecule has 1 aliphatic rings. The van der Waals surface area contributed by atoms with Gasteiger partial charge in [-0.2, -0.15) is 0 Å². The van der Waals surface area contributed by atoms with Crippen LogP contribution in [0.5, 0.6) is 5.75 Å². The Morgan fingerprint density at radius 2 is 2.19 bits per heavy atom. The predicted molar refractivity (Wildman–Crippen MR) is 60.3 cm³/mol. The molecule has 0 unspecified atom stereocenters. The van der Waals surface area contributed by atoms with Crippen LogP contribution in [0.15, 0.2) is 12.1 Å². The van der Waals surface area contributed by atoms with Gasteiger partial charge in [-0.1, -0.05) is 0 Å². The van der Waals surface area contributed by atoms with E-state index in [9.17, 15) is 4.79 Å². The average molecular weight is 222 g/mol. The molecule has 86 valence electrons. The van der Waals surface area contributed by atoms with Crippen molar-refractivity contribution in [2.45, 2.75) is 19.4 Å². The zero-order valence-corrected chi connectivity index (χ0v) is 9.42. The molecule has 0 bridgehead atoms. The van der Waals surface area contributed by atoms with Gasteiger partial charge in [-0.15, -0.1) is 0 Å². The molecule has 0 spiro atoms. The molecule has 1 aliphatic heterocycles. The highest BCUT2D eigenvalue weighted by Crippen LogP contribution is 2.32. The summed E-state index contributed by atoms with van der Waals surface area (Å²) in [7, 11) is 1.74. The third kappa shape index (κ3) is 1.79. The molecule has 1 aromatic heterocycles. The number of nitrogens with one attached hydrogen (secondary N) is 3. The standard InChI is InChI=1S/C10H14N4O2/c1-10(2)9(15)13-8-6(16-10)4-5-7(12-8)14-11-3/h4-5,11H,1-3H3,(H2,12,13,14,15). The van der Waals surface area contributed by atoms with Crippen molar-refractivity contribution in [3.05, 3.63) is 12.1 Å². The molecule has 0 fully saturated rings. The van der Waals surface area contributed by atoms with E-state index in [-0.39, 0.29) is 5.91 Å². The van der Waals surface area contributed by atoms with E-state index in [0.717, 1.165) is 0 Å². The quantitative estimate of drug-likeness (QED) is 0.643. The lowest BCUT2D eigenvalue weighted by Crippen LogP contribution is -2.46. The highest BCUT2D eigenvalue weighted by atomic mass is 16.5. The van der Waals surface area contributed by atoms with Crippen molar-refractivity contribution in [1.82, 2.24) is 10.4 Å². The predicted octanol–water partition coefficient (Wildman–Crippen LogP) is 0.737. The molecule has 6 nitrogen and oxygen atoms in total. The summed E-state index contributed by atoms with van der Waals surface area (Å²) >= 11 is 0. The number of hydrogen-bond donors (Lipinski definition) is 3. The second kappa shape index (κ2) is 3.64. The highest BCUT2D eigenvalue weighted by molar-refractivity contribution is 5.99. The molecule has 2 rings (SSSR count). The Balaban J connectivity index is 2.33.